The third kappa shape index (κ3) is 6.46. The first kappa shape index (κ1) is 24.7. The molecule has 1 aromatic rings. The molecule has 1 N–H and O–H groups in total. The zero-order valence-electron chi connectivity index (χ0n) is 20.3. The number of benzene rings is 1. The summed E-state index contributed by atoms with van der Waals surface area (Å²) in [6, 6.07) is 8.63. The van der Waals surface area contributed by atoms with Gasteiger partial charge in [0.15, 0.2) is 0 Å². The highest BCUT2D eigenvalue weighted by Gasteiger charge is 2.52. The average molecular weight is 431 g/mol. The molecule has 1 aliphatic heterocycles. The summed E-state index contributed by atoms with van der Waals surface area (Å²) in [7, 11) is -1.90. The number of carbonyl (C=O) groups excluding carboxylic acids is 1. The van der Waals surface area contributed by atoms with Crippen LogP contribution in [-0.4, -0.2) is 44.6 Å². The molecular formula is C23H38BNO4Si. The van der Waals surface area contributed by atoms with Crippen molar-refractivity contribution in [3.8, 4) is 0 Å². The molecule has 1 heterocycles. The van der Waals surface area contributed by atoms with Crippen molar-refractivity contribution in [1.29, 1.82) is 0 Å². The van der Waals surface area contributed by atoms with Crippen LogP contribution >= 0.6 is 0 Å². The van der Waals surface area contributed by atoms with E-state index in [1.54, 1.807) is 0 Å². The Morgan fingerprint density at radius 3 is 2.00 bits per heavy atom. The highest BCUT2D eigenvalue weighted by molar-refractivity contribution is 6.88. The predicted octanol–water partition coefficient (Wildman–Crippen LogP) is 4.77. The molecule has 0 atom stereocenters. The maximum atomic E-state index is 12.2. The molecule has 2 rings (SSSR count). The normalized spacial score (nSPS) is 19.0. The second kappa shape index (κ2) is 8.52. The summed E-state index contributed by atoms with van der Waals surface area (Å²) in [4.78, 5) is 12.2. The number of hydrogen-bond donors (Lipinski definition) is 1. The van der Waals surface area contributed by atoms with Gasteiger partial charge in [-0.05, 0) is 59.5 Å². The zero-order chi connectivity index (χ0) is 23.0. The smallest absolute Gasteiger partial charge is 0.444 e. The van der Waals surface area contributed by atoms with Crippen LogP contribution < -0.4 is 10.5 Å². The molecule has 0 radical (unpaired) electrons. The van der Waals surface area contributed by atoms with E-state index in [1.165, 1.54) is 5.19 Å². The minimum atomic E-state index is -1.36. The van der Waals surface area contributed by atoms with Crippen molar-refractivity contribution < 1.29 is 18.8 Å². The number of hydrogen-bond acceptors (Lipinski definition) is 4. The number of amides is 1. The third-order valence-electron chi connectivity index (χ3n) is 5.52. The first-order valence-electron chi connectivity index (χ1n) is 10.6. The van der Waals surface area contributed by atoms with Crippen LogP contribution in [0.2, 0.25) is 19.6 Å². The van der Waals surface area contributed by atoms with Crippen molar-refractivity contribution in [3.63, 3.8) is 0 Å². The molecule has 1 saturated heterocycles. The Bertz CT molecular complexity index is 773. The molecule has 1 aromatic carbocycles. The summed E-state index contributed by atoms with van der Waals surface area (Å²) < 4.78 is 17.8. The van der Waals surface area contributed by atoms with Crippen molar-refractivity contribution in [3.05, 3.63) is 35.3 Å². The van der Waals surface area contributed by atoms with E-state index in [0.717, 1.165) is 11.0 Å². The van der Waals surface area contributed by atoms with Gasteiger partial charge in [-0.15, -0.1) is 0 Å². The molecule has 1 aliphatic rings. The molecule has 0 aliphatic carbocycles. The Kier molecular flexibility index (Phi) is 7.01. The van der Waals surface area contributed by atoms with E-state index >= 15 is 0 Å². The van der Waals surface area contributed by atoms with E-state index in [2.05, 4.69) is 49.2 Å². The van der Waals surface area contributed by atoms with Gasteiger partial charge in [-0.1, -0.05) is 55.2 Å². The fourth-order valence-electron chi connectivity index (χ4n) is 2.98. The fraction of sp³-hybridized carbons (Fsp3) is 0.609. The van der Waals surface area contributed by atoms with Crippen LogP contribution in [-0.2, 0) is 14.0 Å². The molecule has 5 nitrogen and oxygen atoms in total. The number of carbonyl (C=O) groups is 1. The van der Waals surface area contributed by atoms with Gasteiger partial charge in [-0.3, -0.25) is 0 Å². The van der Waals surface area contributed by atoms with Gasteiger partial charge in [-0.2, -0.15) is 0 Å². The first-order chi connectivity index (χ1) is 13.5. The Morgan fingerprint density at radius 2 is 1.57 bits per heavy atom. The molecule has 0 saturated carbocycles. The molecule has 1 fully saturated rings. The van der Waals surface area contributed by atoms with Crippen LogP contribution in [0.1, 0.15) is 54.0 Å². The highest BCUT2D eigenvalue weighted by atomic mass is 28.3. The lowest BCUT2D eigenvalue weighted by atomic mass is 9.77. The van der Waals surface area contributed by atoms with Gasteiger partial charge in [0, 0.05) is 6.54 Å². The predicted molar refractivity (Wildman–Crippen MR) is 128 cm³/mol. The summed E-state index contributed by atoms with van der Waals surface area (Å²) in [5.41, 5.74) is 0.438. The maximum absolute atomic E-state index is 12.2. The fourth-order valence-corrected chi connectivity index (χ4v) is 4.15. The molecular weight excluding hydrogens is 393 g/mol. The van der Waals surface area contributed by atoms with Gasteiger partial charge in [0.2, 0.25) is 0 Å². The minimum absolute atomic E-state index is 0.279. The van der Waals surface area contributed by atoms with Crippen LogP contribution in [0.25, 0.3) is 6.08 Å². The van der Waals surface area contributed by atoms with Crippen molar-refractivity contribution in [1.82, 2.24) is 5.32 Å². The topological polar surface area (TPSA) is 56.8 Å². The Morgan fingerprint density at radius 1 is 1.07 bits per heavy atom. The van der Waals surface area contributed by atoms with Gasteiger partial charge < -0.3 is 19.4 Å². The van der Waals surface area contributed by atoms with Crippen molar-refractivity contribution >= 4 is 32.5 Å². The van der Waals surface area contributed by atoms with Gasteiger partial charge in [0.25, 0.3) is 0 Å². The lowest BCUT2D eigenvalue weighted by molar-refractivity contribution is 0.00578. The lowest BCUT2D eigenvalue weighted by Crippen LogP contribution is -2.41. The molecule has 1 amide bonds. The lowest BCUT2D eigenvalue weighted by Gasteiger charge is -2.32. The maximum Gasteiger partial charge on any atom is 0.492 e. The number of alkyl carbamates (subject to hydrolysis) is 1. The second-order valence-corrected chi connectivity index (χ2v) is 16.1. The number of rotatable bonds is 5. The summed E-state index contributed by atoms with van der Waals surface area (Å²) in [6.45, 7) is 20.9. The average Bonchev–Trinajstić information content (AvgIpc) is 2.77. The minimum Gasteiger partial charge on any atom is -0.444 e. The summed E-state index contributed by atoms with van der Waals surface area (Å²) >= 11 is 0. The molecule has 166 valence electrons. The summed E-state index contributed by atoms with van der Waals surface area (Å²) in [5.74, 6) is 0. The van der Waals surface area contributed by atoms with E-state index < -0.39 is 38.1 Å². The third-order valence-corrected chi connectivity index (χ3v) is 7.59. The molecule has 7 heteroatoms. The SMILES string of the molecule is CC(C)(C)OC(=O)NCC(=Cc1ccc([Si](C)(C)C)cc1)B1OC(C)(C)C(C)(C)O1. The van der Waals surface area contributed by atoms with E-state index in [-0.39, 0.29) is 6.54 Å². The monoisotopic (exact) mass is 431 g/mol. The van der Waals surface area contributed by atoms with Crippen LogP contribution in [0.5, 0.6) is 0 Å². The molecule has 0 spiro atoms. The largest absolute Gasteiger partial charge is 0.492 e. The molecule has 0 bridgehead atoms. The highest BCUT2D eigenvalue weighted by Crippen LogP contribution is 2.38. The zero-order valence-corrected chi connectivity index (χ0v) is 21.3. The van der Waals surface area contributed by atoms with Gasteiger partial charge >= 0.3 is 13.2 Å². The molecule has 0 unspecified atom stereocenters. The quantitative estimate of drug-likeness (QED) is 0.683. The van der Waals surface area contributed by atoms with Gasteiger partial charge in [0.05, 0.1) is 19.3 Å². The summed E-state index contributed by atoms with van der Waals surface area (Å²) in [6.07, 6.45) is 1.58. The summed E-state index contributed by atoms with van der Waals surface area (Å²) in [5, 5.41) is 4.25. The van der Waals surface area contributed by atoms with Crippen LogP contribution in [0, 0.1) is 0 Å². The van der Waals surface area contributed by atoms with Crippen LogP contribution in [0.3, 0.4) is 0 Å². The van der Waals surface area contributed by atoms with Crippen LogP contribution in [0.15, 0.2) is 29.7 Å². The van der Waals surface area contributed by atoms with Crippen molar-refractivity contribution in [2.24, 2.45) is 0 Å². The number of nitrogens with one attached hydrogen (secondary N) is 1. The second-order valence-electron chi connectivity index (χ2n) is 11.0. The van der Waals surface area contributed by atoms with Crippen molar-refractivity contribution in [2.45, 2.75) is 84.9 Å². The molecule has 30 heavy (non-hydrogen) atoms. The Balaban J connectivity index is 2.27. The molecule has 0 aromatic heterocycles. The van der Waals surface area contributed by atoms with E-state index in [0.29, 0.717) is 0 Å². The standard InChI is InChI=1S/C23H38BNO4Si/c1-21(2,3)27-20(26)25-16-18(24-28-22(4,5)23(6,7)29-24)15-17-11-13-19(14-12-17)30(8,9)10/h11-15H,16H2,1-10H3,(H,25,26). The van der Waals surface area contributed by atoms with Gasteiger partial charge in [-0.25, -0.2) is 4.79 Å². The van der Waals surface area contributed by atoms with Gasteiger partial charge in [0.1, 0.15) is 5.60 Å². The number of ether oxygens (including phenoxy) is 1. The Hall–Kier alpha value is -1.57. The Labute approximate surface area is 183 Å². The van der Waals surface area contributed by atoms with E-state index in [4.69, 9.17) is 14.0 Å². The van der Waals surface area contributed by atoms with Crippen LogP contribution in [0.4, 0.5) is 4.79 Å². The van der Waals surface area contributed by atoms with Crippen molar-refractivity contribution in [2.75, 3.05) is 6.54 Å². The first-order valence-corrected chi connectivity index (χ1v) is 14.1. The van der Waals surface area contributed by atoms with E-state index in [1.807, 2.05) is 54.5 Å². The van der Waals surface area contributed by atoms with E-state index in [9.17, 15) is 4.79 Å².